The molecule has 2 heterocycles. The molecular formula is C16H18F3N5O2S2. The summed E-state index contributed by atoms with van der Waals surface area (Å²) < 4.78 is 57.2. The highest BCUT2D eigenvalue weighted by Crippen LogP contribution is 2.33. The van der Waals surface area contributed by atoms with Gasteiger partial charge < -0.3 is 10.6 Å². The normalized spacial score (nSPS) is 17.9. The van der Waals surface area contributed by atoms with Crippen molar-refractivity contribution in [2.75, 3.05) is 36.8 Å². The van der Waals surface area contributed by atoms with Crippen LogP contribution in [-0.2, 0) is 20.9 Å². The summed E-state index contributed by atoms with van der Waals surface area (Å²) in [6.07, 6.45) is -4.49. The molecule has 1 amide bonds. The van der Waals surface area contributed by atoms with Gasteiger partial charge in [0, 0.05) is 44.2 Å². The summed E-state index contributed by atoms with van der Waals surface area (Å²) in [6, 6.07) is 6.28. The zero-order chi connectivity index (χ0) is 20.5. The van der Waals surface area contributed by atoms with Crippen LogP contribution in [0.25, 0.3) is 0 Å². The summed E-state index contributed by atoms with van der Waals surface area (Å²) in [4.78, 5) is 17.3. The highest BCUT2D eigenvalue weighted by atomic mass is 32.2. The molecule has 1 aliphatic heterocycles. The van der Waals surface area contributed by atoms with Crippen LogP contribution < -0.4 is 10.6 Å². The van der Waals surface area contributed by atoms with Gasteiger partial charge in [-0.3, -0.25) is 4.79 Å². The first-order chi connectivity index (χ1) is 13.1. The van der Waals surface area contributed by atoms with Crippen molar-refractivity contribution in [2.24, 2.45) is 4.36 Å². The molecule has 1 aliphatic rings. The Morgan fingerprint density at radius 2 is 1.82 bits per heavy atom. The summed E-state index contributed by atoms with van der Waals surface area (Å²) in [7, 11) is -3.18. The molecule has 1 fully saturated rings. The fourth-order valence-corrected chi connectivity index (χ4v) is 5.65. The maximum atomic E-state index is 13.6. The van der Waals surface area contributed by atoms with E-state index in [4.69, 9.17) is 5.73 Å². The third kappa shape index (κ3) is 4.28. The Labute approximate surface area is 164 Å². The van der Waals surface area contributed by atoms with Crippen LogP contribution in [0.2, 0.25) is 0 Å². The molecule has 0 aliphatic carbocycles. The molecule has 0 bridgehead atoms. The summed E-state index contributed by atoms with van der Waals surface area (Å²) >= 11 is 0.914. The molecule has 1 aromatic carbocycles. The van der Waals surface area contributed by atoms with E-state index in [2.05, 4.69) is 9.35 Å². The van der Waals surface area contributed by atoms with E-state index in [1.54, 1.807) is 33.5 Å². The van der Waals surface area contributed by atoms with Crippen molar-refractivity contribution >= 4 is 38.0 Å². The number of nitrogen functional groups attached to an aromatic ring is 1. The van der Waals surface area contributed by atoms with Crippen molar-refractivity contribution in [3.05, 3.63) is 35.3 Å². The average molecular weight is 433 g/mol. The first-order valence-electron chi connectivity index (χ1n) is 8.25. The molecule has 1 unspecified atom stereocenters. The lowest BCUT2D eigenvalue weighted by molar-refractivity contribution is -0.140. The maximum absolute atomic E-state index is 13.6. The highest BCUT2D eigenvalue weighted by molar-refractivity contribution is 7.91. The lowest BCUT2D eigenvalue weighted by atomic mass is 10.3. The van der Waals surface area contributed by atoms with E-state index in [0.717, 1.165) is 16.7 Å². The number of thiazole rings is 1. The number of nitrogens with two attached hydrogens (primary N) is 1. The molecule has 0 radical (unpaired) electrons. The molecule has 2 aromatic rings. The Hall–Kier alpha value is -2.18. The Balaban J connectivity index is 1.81. The fraction of sp³-hybridized carbons (Fsp3) is 0.375. The van der Waals surface area contributed by atoms with Gasteiger partial charge in [-0.1, -0.05) is 0 Å². The standard InChI is InChI=1S/C16H18F3N5O2S2/c1-11(25)22-28(26,13-4-2-12(20)3-5-13)24-8-6-23(7-9-24)15-21-14(10-27-15)16(17,18)19/h2-5,10H,6-9,20H2,1H3. The first kappa shape index (κ1) is 20.6. The predicted octanol–water partition coefficient (Wildman–Crippen LogP) is 2.85. The lowest BCUT2D eigenvalue weighted by Gasteiger charge is -2.35. The van der Waals surface area contributed by atoms with E-state index in [-0.39, 0.29) is 18.2 Å². The van der Waals surface area contributed by atoms with Gasteiger partial charge in [0.2, 0.25) is 0 Å². The highest BCUT2D eigenvalue weighted by Gasteiger charge is 2.35. The monoisotopic (exact) mass is 433 g/mol. The summed E-state index contributed by atoms with van der Waals surface area (Å²) in [5.74, 6) is -0.570. The van der Waals surface area contributed by atoms with Crippen LogP contribution >= 0.6 is 11.3 Å². The molecule has 0 saturated carbocycles. The number of amides is 1. The van der Waals surface area contributed by atoms with Crippen molar-refractivity contribution < 1.29 is 22.2 Å². The number of carbonyl (C=O) groups excluding carboxylic acids is 1. The minimum Gasteiger partial charge on any atom is -0.399 e. The predicted molar refractivity (Wildman–Crippen MR) is 101 cm³/mol. The quantitative estimate of drug-likeness (QED) is 0.752. The van der Waals surface area contributed by atoms with Gasteiger partial charge in [-0.15, -0.1) is 15.7 Å². The molecule has 12 heteroatoms. The number of hydrogen-bond acceptors (Lipinski definition) is 6. The number of nitrogens with zero attached hydrogens (tertiary/aromatic N) is 4. The van der Waals surface area contributed by atoms with Crippen LogP contribution in [-0.4, -0.2) is 45.6 Å². The zero-order valence-corrected chi connectivity index (χ0v) is 16.5. The SMILES string of the molecule is CC(=O)N=S(=O)(c1ccc(N)cc1)N1CCN(c2nc(C(F)(F)F)cs2)CC1. The van der Waals surface area contributed by atoms with Crippen molar-refractivity contribution in [3.8, 4) is 0 Å². The number of anilines is 2. The summed E-state index contributed by atoms with van der Waals surface area (Å²) in [5, 5.41) is 1.24. The van der Waals surface area contributed by atoms with Gasteiger partial charge in [0.25, 0.3) is 5.91 Å². The van der Waals surface area contributed by atoms with Crippen LogP contribution in [0.15, 0.2) is 38.9 Å². The summed E-state index contributed by atoms with van der Waals surface area (Å²) in [6.45, 7) is 2.34. The van der Waals surface area contributed by atoms with Crippen molar-refractivity contribution in [2.45, 2.75) is 18.0 Å². The molecule has 1 saturated heterocycles. The van der Waals surface area contributed by atoms with Gasteiger partial charge in [-0.25, -0.2) is 13.5 Å². The molecule has 1 atom stereocenters. The number of halogens is 3. The minimum atomic E-state index is -4.49. The maximum Gasteiger partial charge on any atom is 0.434 e. The van der Waals surface area contributed by atoms with Crippen molar-refractivity contribution in [1.82, 2.24) is 9.29 Å². The zero-order valence-electron chi connectivity index (χ0n) is 14.8. The number of rotatable bonds is 3. The molecule has 7 nitrogen and oxygen atoms in total. The van der Waals surface area contributed by atoms with E-state index in [1.807, 2.05) is 0 Å². The average Bonchev–Trinajstić information content (AvgIpc) is 3.12. The van der Waals surface area contributed by atoms with Gasteiger partial charge in [0.1, 0.15) is 9.92 Å². The number of aromatic nitrogens is 1. The number of alkyl halides is 3. The Kier molecular flexibility index (Phi) is 5.64. The number of hydrogen-bond donors (Lipinski definition) is 1. The van der Waals surface area contributed by atoms with Gasteiger partial charge in [0.05, 0.1) is 4.90 Å². The van der Waals surface area contributed by atoms with Gasteiger partial charge in [-0.05, 0) is 24.3 Å². The third-order valence-electron chi connectivity index (χ3n) is 4.08. The van der Waals surface area contributed by atoms with E-state index in [0.29, 0.717) is 23.7 Å². The number of benzene rings is 1. The minimum absolute atomic E-state index is 0.251. The van der Waals surface area contributed by atoms with E-state index in [9.17, 15) is 22.2 Å². The van der Waals surface area contributed by atoms with Crippen molar-refractivity contribution in [1.29, 1.82) is 0 Å². The fourth-order valence-electron chi connectivity index (χ4n) is 2.75. The summed E-state index contributed by atoms with van der Waals surface area (Å²) in [5.41, 5.74) is 5.23. The second-order valence-electron chi connectivity index (χ2n) is 6.11. The largest absolute Gasteiger partial charge is 0.434 e. The molecule has 2 N–H and O–H groups in total. The van der Waals surface area contributed by atoms with Crippen LogP contribution in [0.5, 0.6) is 0 Å². The topological polar surface area (TPSA) is 91.9 Å². The number of carbonyl (C=O) groups is 1. The Bertz CT molecular complexity index is 973. The second-order valence-corrected chi connectivity index (χ2v) is 9.11. The first-order valence-corrected chi connectivity index (χ1v) is 10.6. The second kappa shape index (κ2) is 7.68. The molecule has 1 aromatic heterocycles. The third-order valence-corrected chi connectivity index (χ3v) is 7.44. The van der Waals surface area contributed by atoms with Crippen LogP contribution in [0.3, 0.4) is 0 Å². The van der Waals surface area contributed by atoms with Crippen LogP contribution in [0, 0.1) is 0 Å². The lowest BCUT2D eigenvalue weighted by Crippen LogP contribution is -2.48. The van der Waals surface area contributed by atoms with E-state index >= 15 is 0 Å². The molecule has 3 rings (SSSR count). The molecule has 152 valence electrons. The van der Waals surface area contributed by atoms with Crippen LogP contribution in [0.4, 0.5) is 24.0 Å². The van der Waals surface area contributed by atoms with Crippen molar-refractivity contribution in [3.63, 3.8) is 0 Å². The molecule has 0 spiro atoms. The smallest absolute Gasteiger partial charge is 0.399 e. The van der Waals surface area contributed by atoms with Crippen LogP contribution in [0.1, 0.15) is 12.6 Å². The van der Waals surface area contributed by atoms with Gasteiger partial charge in [0.15, 0.2) is 10.8 Å². The molecule has 28 heavy (non-hydrogen) atoms. The Morgan fingerprint density at radius 3 is 2.32 bits per heavy atom. The molecular weight excluding hydrogens is 415 g/mol. The van der Waals surface area contributed by atoms with Gasteiger partial charge >= 0.3 is 6.18 Å². The number of piperazine rings is 1. The Morgan fingerprint density at radius 1 is 1.21 bits per heavy atom. The van der Waals surface area contributed by atoms with E-state index < -0.39 is 27.7 Å². The van der Waals surface area contributed by atoms with E-state index in [1.165, 1.54) is 6.92 Å². The van der Waals surface area contributed by atoms with Gasteiger partial charge in [-0.2, -0.15) is 13.2 Å².